The van der Waals surface area contributed by atoms with Crippen LogP contribution < -0.4 is 0 Å². The number of halogens is 3. The van der Waals surface area contributed by atoms with Crippen molar-refractivity contribution < 1.29 is 27.8 Å². The molecule has 3 aromatic rings. The minimum absolute atomic E-state index is 0.0382. The number of hydrogen-bond donors (Lipinski definition) is 1. The molecule has 0 saturated heterocycles. The van der Waals surface area contributed by atoms with Crippen LogP contribution in [-0.4, -0.2) is 12.2 Å². The topological polar surface area (TPSA) is 38.7 Å². The van der Waals surface area contributed by atoms with E-state index in [4.69, 9.17) is 9.47 Å². The van der Waals surface area contributed by atoms with Gasteiger partial charge in [0.15, 0.2) is 17.5 Å². The molecule has 3 rings (SSSR count). The first-order valence-electron chi connectivity index (χ1n) is 9.59. The number of benzene rings is 3. The average Bonchev–Trinajstić information content (AvgIpc) is 2.80. The van der Waals surface area contributed by atoms with Crippen LogP contribution in [0.25, 0.3) is 22.3 Å². The van der Waals surface area contributed by atoms with Gasteiger partial charge in [-0.25, -0.2) is 13.2 Å². The molecule has 0 unspecified atom stereocenters. The highest BCUT2D eigenvalue weighted by atomic mass is 19.2. The Hall–Kier alpha value is -3.93. The Balaban J connectivity index is 1.74. The molecule has 32 heavy (non-hydrogen) atoms. The normalized spacial score (nSPS) is 11.2. The second kappa shape index (κ2) is 9.92. The summed E-state index contributed by atoms with van der Waals surface area (Å²) in [7, 11) is 1.37. The van der Waals surface area contributed by atoms with Crippen molar-refractivity contribution in [2.75, 3.05) is 7.11 Å². The molecular formula is C26H21F3O3. The average molecular weight is 438 g/mol. The van der Waals surface area contributed by atoms with Crippen LogP contribution in [-0.2, 0) is 16.1 Å². The summed E-state index contributed by atoms with van der Waals surface area (Å²) in [6.07, 6.45) is 1.06. The van der Waals surface area contributed by atoms with Crippen molar-refractivity contribution in [1.29, 1.82) is 0 Å². The van der Waals surface area contributed by atoms with E-state index in [0.717, 1.165) is 6.08 Å². The summed E-state index contributed by atoms with van der Waals surface area (Å²) in [5.41, 5.74) is 1.82. The lowest BCUT2D eigenvalue weighted by Crippen LogP contribution is -1.96. The van der Waals surface area contributed by atoms with Crippen LogP contribution in [0.15, 0.2) is 97.2 Å². The minimum atomic E-state index is -0.975. The number of aromatic hydroxyl groups is 1. The first-order chi connectivity index (χ1) is 15.3. The number of methoxy groups -OCH3 is 1. The van der Waals surface area contributed by atoms with Crippen LogP contribution in [0.2, 0.25) is 0 Å². The van der Waals surface area contributed by atoms with E-state index in [1.807, 2.05) is 0 Å². The molecule has 0 heterocycles. The number of phenolic OH excluding ortho intramolecular Hbond substituents is 1. The van der Waals surface area contributed by atoms with E-state index in [0.29, 0.717) is 16.7 Å². The zero-order chi connectivity index (χ0) is 23.3. The Morgan fingerprint density at radius 3 is 1.88 bits per heavy atom. The van der Waals surface area contributed by atoms with Crippen LogP contribution in [0, 0.1) is 11.6 Å². The van der Waals surface area contributed by atoms with E-state index >= 15 is 0 Å². The van der Waals surface area contributed by atoms with Gasteiger partial charge in [0.1, 0.15) is 23.9 Å². The van der Waals surface area contributed by atoms with Crippen molar-refractivity contribution in [3.05, 3.63) is 114 Å². The molecule has 0 aromatic heterocycles. The second-order valence-corrected chi connectivity index (χ2v) is 6.91. The maximum Gasteiger partial charge on any atom is 0.168 e. The third kappa shape index (κ3) is 5.21. The molecule has 1 N–H and O–H groups in total. The summed E-state index contributed by atoms with van der Waals surface area (Å²) in [5, 5.41) is 9.37. The van der Waals surface area contributed by atoms with E-state index in [-0.39, 0.29) is 35.0 Å². The maximum atomic E-state index is 14.8. The predicted octanol–water partition coefficient (Wildman–Crippen LogP) is 7.05. The Bertz CT molecular complexity index is 1160. The SMILES string of the molecule is C=C(/C=C(/F)C(=C)OCc1ccc(-c2ccc(-c3ccc(O)cc3)c(F)c2F)cc1)OC. The Labute approximate surface area is 184 Å². The highest BCUT2D eigenvalue weighted by Crippen LogP contribution is 2.32. The smallest absolute Gasteiger partial charge is 0.168 e. The maximum absolute atomic E-state index is 14.8. The fraction of sp³-hybridized carbons (Fsp3) is 0.0769. The molecular weight excluding hydrogens is 417 g/mol. The third-order valence-corrected chi connectivity index (χ3v) is 4.75. The Morgan fingerprint density at radius 1 is 0.875 bits per heavy atom. The van der Waals surface area contributed by atoms with Crippen molar-refractivity contribution in [3.63, 3.8) is 0 Å². The lowest BCUT2D eigenvalue weighted by Gasteiger charge is -2.11. The molecule has 6 heteroatoms. The van der Waals surface area contributed by atoms with E-state index in [1.54, 1.807) is 24.3 Å². The fourth-order valence-electron chi connectivity index (χ4n) is 2.94. The molecule has 0 atom stereocenters. The van der Waals surface area contributed by atoms with Gasteiger partial charge < -0.3 is 14.6 Å². The molecule has 3 nitrogen and oxygen atoms in total. The molecule has 0 aliphatic carbocycles. The van der Waals surface area contributed by atoms with Gasteiger partial charge in [-0.05, 0) is 28.8 Å². The van der Waals surface area contributed by atoms with E-state index < -0.39 is 17.5 Å². The van der Waals surface area contributed by atoms with Crippen molar-refractivity contribution >= 4 is 0 Å². The van der Waals surface area contributed by atoms with Gasteiger partial charge in [-0.2, -0.15) is 0 Å². The number of hydrogen-bond acceptors (Lipinski definition) is 3. The van der Waals surface area contributed by atoms with Gasteiger partial charge >= 0.3 is 0 Å². The summed E-state index contributed by atoms with van der Waals surface area (Å²) in [6, 6.07) is 15.4. The van der Waals surface area contributed by atoms with Gasteiger partial charge in [-0.3, -0.25) is 0 Å². The number of ether oxygens (including phenoxy) is 2. The van der Waals surface area contributed by atoms with E-state index in [1.165, 1.54) is 43.5 Å². The summed E-state index contributed by atoms with van der Waals surface area (Å²) >= 11 is 0. The Morgan fingerprint density at radius 2 is 1.38 bits per heavy atom. The molecule has 0 radical (unpaired) electrons. The van der Waals surface area contributed by atoms with Crippen molar-refractivity contribution in [3.8, 4) is 28.0 Å². The highest BCUT2D eigenvalue weighted by Gasteiger charge is 2.16. The van der Waals surface area contributed by atoms with E-state index in [9.17, 15) is 18.3 Å². The van der Waals surface area contributed by atoms with Gasteiger partial charge in [-0.1, -0.05) is 61.7 Å². The molecule has 3 aromatic carbocycles. The van der Waals surface area contributed by atoms with Gasteiger partial charge in [0.05, 0.1) is 7.11 Å². The monoisotopic (exact) mass is 438 g/mol. The fourth-order valence-corrected chi connectivity index (χ4v) is 2.94. The summed E-state index contributed by atoms with van der Waals surface area (Å²) in [6.45, 7) is 7.04. The largest absolute Gasteiger partial charge is 0.508 e. The van der Waals surface area contributed by atoms with Gasteiger partial charge in [0.25, 0.3) is 0 Å². The van der Waals surface area contributed by atoms with Crippen LogP contribution in [0.4, 0.5) is 13.2 Å². The molecule has 0 aliphatic heterocycles. The number of rotatable bonds is 8. The van der Waals surface area contributed by atoms with Gasteiger partial charge in [-0.15, -0.1) is 0 Å². The molecule has 0 amide bonds. The second-order valence-electron chi connectivity index (χ2n) is 6.91. The summed E-state index contributed by atoms with van der Waals surface area (Å²) in [4.78, 5) is 0. The van der Waals surface area contributed by atoms with E-state index in [2.05, 4.69) is 13.2 Å². The Kier molecular flexibility index (Phi) is 7.05. The molecule has 0 saturated carbocycles. The molecule has 0 bridgehead atoms. The minimum Gasteiger partial charge on any atom is -0.508 e. The van der Waals surface area contributed by atoms with Crippen LogP contribution in [0.3, 0.4) is 0 Å². The van der Waals surface area contributed by atoms with Crippen LogP contribution in [0.5, 0.6) is 5.75 Å². The molecule has 0 spiro atoms. The van der Waals surface area contributed by atoms with Crippen molar-refractivity contribution in [2.24, 2.45) is 0 Å². The predicted molar refractivity (Wildman–Crippen MR) is 118 cm³/mol. The van der Waals surface area contributed by atoms with Gasteiger partial charge in [0.2, 0.25) is 0 Å². The summed E-state index contributed by atoms with van der Waals surface area (Å²) < 4.78 is 53.4. The lowest BCUT2D eigenvalue weighted by atomic mass is 9.98. The molecule has 0 fully saturated rings. The third-order valence-electron chi connectivity index (χ3n) is 4.75. The lowest BCUT2D eigenvalue weighted by molar-refractivity contribution is 0.196. The molecule has 0 aliphatic rings. The quantitative estimate of drug-likeness (QED) is 0.303. The highest BCUT2D eigenvalue weighted by molar-refractivity contribution is 5.72. The zero-order valence-electron chi connectivity index (χ0n) is 17.4. The number of phenols is 1. The van der Waals surface area contributed by atoms with Crippen LogP contribution >= 0.6 is 0 Å². The van der Waals surface area contributed by atoms with Crippen LogP contribution in [0.1, 0.15) is 5.56 Å². The van der Waals surface area contributed by atoms with Crippen molar-refractivity contribution in [2.45, 2.75) is 6.61 Å². The van der Waals surface area contributed by atoms with Gasteiger partial charge in [0, 0.05) is 17.2 Å². The zero-order valence-corrected chi connectivity index (χ0v) is 17.4. The standard InChI is InChI=1S/C26H21F3O3/c1-16(31-3)14-24(27)17(2)32-15-18-4-6-19(7-5-18)22-12-13-23(26(29)25(22)28)20-8-10-21(30)11-9-20/h4-14,30H,1-2,15H2,3H3/b24-14+. The van der Waals surface area contributed by atoms with Crippen molar-refractivity contribution in [1.82, 2.24) is 0 Å². The first-order valence-corrected chi connectivity index (χ1v) is 9.59. The molecule has 164 valence electrons. The number of allylic oxidation sites excluding steroid dienone is 2. The summed E-state index contributed by atoms with van der Waals surface area (Å²) in [5.74, 6) is -2.67. The first kappa shape index (κ1) is 22.7.